The Morgan fingerprint density at radius 2 is 1.73 bits per heavy atom. The number of aliphatic hydroxyl groups excluding tert-OH is 1. The number of urea groups is 1. The van der Waals surface area contributed by atoms with Gasteiger partial charge in [0.05, 0.1) is 6.54 Å². The smallest absolute Gasteiger partial charge is 0.325 e. The second-order valence-corrected chi connectivity index (χ2v) is 7.76. The number of benzene rings is 3. The molecular formula is C24H24N2O4. The number of fused-ring (bicyclic) bond motifs is 1. The molecule has 2 atom stereocenters. The molecule has 0 spiro atoms. The highest BCUT2D eigenvalue weighted by molar-refractivity contribution is 6.07. The topological polar surface area (TPSA) is 78.9 Å². The number of imide groups is 1. The predicted octanol–water partition coefficient (Wildman–Crippen LogP) is 3.36. The van der Waals surface area contributed by atoms with Gasteiger partial charge in [0.25, 0.3) is 5.91 Å². The van der Waals surface area contributed by atoms with Crippen molar-refractivity contribution in [3.8, 4) is 5.75 Å². The lowest BCUT2D eigenvalue weighted by atomic mass is 9.90. The second-order valence-electron chi connectivity index (χ2n) is 7.76. The van der Waals surface area contributed by atoms with Gasteiger partial charge in [0.15, 0.2) is 0 Å². The van der Waals surface area contributed by atoms with Crippen molar-refractivity contribution >= 4 is 22.7 Å². The van der Waals surface area contributed by atoms with Gasteiger partial charge in [-0.3, -0.25) is 9.69 Å². The first kappa shape index (κ1) is 19.9. The van der Waals surface area contributed by atoms with E-state index in [0.717, 1.165) is 21.2 Å². The molecule has 1 aliphatic heterocycles. The van der Waals surface area contributed by atoms with Crippen molar-refractivity contribution in [2.45, 2.75) is 25.5 Å². The molecule has 1 aliphatic rings. The Kier molecular flexibility index (Phi) is 5.18. The van der Waals surface area contributed by atoms with Gasteiger partial charge < -0.3 is 15.2 Å². The Bertz CT molecular complexity index is 1110. The van der Waals surface area contributed by atoms with Gasteiger partial charge in [0.2, 0.25) is 0 Å². The van der Waals surface area contributed by atoms with Crippen molar-refractivity contribution in [3.05, 3.63) is 77.9 Å². The van der Waals surface area contributed by atoms with Crippen molar-refractivity contribution in [1.29, 1.82) is 0 Å². The van der Waals surface area contributed by atoms with E-state index in [1.165, 1.54) is 0 Å². The Morgan fingerprint density at radius 3 is 2.50 bits per heavy atom. The number of hydrogen-bond acceptors (Lipinski definition) is 4. The summed E-state index contributed by atoms with van der Waals surface area (Å²) in [5.74, 6) is 0.271. The number of carbonyl (C=O) groups is 2. The fourth-order valence-electron chi connectivity index (χ4n) is 3.73. The zero-order valence-corrected chi connectivity index (χ0v) is 17.0. The molecule has 0 aliphatic carbocycles. The summed E-state index contributed by atoms with van der Waals surface area (Å²) in [7, 11) is 0. The van der Waals surface area contributed by atoms with Crippen molar-refractivity contribution in [2.75, 3.05) is 13.2 Å². The molecule has 3 aromatic rings. The second kappa shape index (κ2) is 7.80. The summed E-state index contributed by atoms with van der Waals surface area (Å²) in [4.78, 5) is 26.7. The minimum absolute atomic E-state index is 0.0192. The number of β-amino-alcohol motifs (C(OH)–C–C–N with tert-alkyl or cyclic N) is 1. The number of hydrogen-bond donors (Lipinski definition) is 2. The number of nitrogens with one attached hydrogen (secondary N) is 1. The zero-order valence-electron chi connectivity index (χ0n) is 17.0. The fraction of sp³-hybridized carbons (Fsp3) is 0.250. The average Bonchev–Trinajstić information content (AvgIpc) is 2.96. The summed E-state index contributed by atoms with van der Waals surface area (Å²) in [6.45, 7) is 3.44. The normalized spacial score (nSPS) is 19.8. The standard InChI is InChI=1S/C24H24N2O4/c1-16-7-3-6-10-21(16)30-15-20(27)14-26-22(28)24(2,25-23(26)29)19-12-11-17-8-4-5-9-18(17)13-19/h3-13,20,27H,14-15H2,1-2H3,(H,25,29)/t20-,24+/m1/s1. The predicted molar refractivity (Wildman–Crippen MR) is 114 cm³/mol. The van der Waals surface area contributed by atoms with Crippen molar-refractivity contribution in [1.82, 2.24) is 10.2 Å². The van der Waals surface area contributed by atoms with E-state index in [-0.39, 0.29) is 13.2 Å². The molecule has 0 saturated carbocycles. The zero-order chi connectivity index (χ0) is 21.3. The Morgan fingerprint density at radius 1 is 1.03 bits per heavy atom. The molecule has 0 aromatic heterocycles. The Hall–Kier alpha value is -3.38. The van der Waals surface area contributed by atoms with Crippen LogP contribution >= 0.6 is 0 Å². The monoisotopic (exact) mass is 404 g/mol. The van der Waals surface area contributed by atoms with E-state index in [1.54, 1.807) is 6.92 Å². The van der Waals surface area contributed by atoms with Gasteiger partial charge in [-0.1, -0.05) is 54.6 Å². The maximum absolute atomic E-state index is 13.1. The average molecular weight is 404 g/mol. The van der Waals surface area contributed by atoms with Gasteiger partial charge in [-0.05, 0) is 47.9 Å². The molecule has 1 fully saturated rings. The third-order valence-corrected chi connectivity index (χ3v) is 5.52. The largest absolute Gasteiger partial charge is 0.491 e. The molecule has 0 radical (unpaired) electrons. The van der Waals surface area contributed by atoms with Crippen molar-refractivity contribution < 1.29 is 19.4 Å². The molecular weight excluding hydrogens is 380 g/mol. The third kappa shape index (κ3) is 3.62. The first-order valence-corrected chi connectivity index (χ1v) is 9.88. The van der Waals surface area contributed by atoms with Crippen LogP contribution in [0.15, 0.2) is 66.7 Å². The van der Waals surface area contributed by atoms with Crippen LogP contribution in [0.2, 0.25) is 0 Å². The van der Waals surface area contributed by atoms with Gasteiger partial charge in [-0.15, -0.1) is 0 Å². The first-order chi connectivity index (χ1) is 14.4. The Balaban J connectivity index is 1.48. The summed E-state index contributed by atoms with van der Waals surface area (Å²) in [6.07, 6.45) is -1.00. The summed E-state index contributed by atoms with van der Waals surface area (Å²) < 4.78 is 5.64. The van der Waals surface area contributed by atoms with E-state index >= 15 is 0 Å². The SMILES string of the molecule is Cc1ccccc1OC[C@H](O)CN1C(=O)N[C@@](C)(c2ccc3ccccc3c2)C1=O. The van der Waals surface area contributed by atoms with Crippen LogP contribution in [0, 0.1) is 6.92 Å². The van der Waals surface area contributed by atoms with Crippen LogP contribution < -0.4 is 10.1 Å². The number of ether oxygens (including phenoxy) is 1. The van der Waals surface area contributed by atoms with Crippen LogP contribution in [0.1, 0.15) is 18.1 Å². The van der Waals surface area contributed by atoms with Gasteiger partial charge in [-0.2, -0.15) is 0 Å². The molecule has 154 valence electrons. The van der Waals surface area contributed by atoms with Crippen molar-refractivity contribution in [3.63, 3.8) is 0 Å². The van der Waals surface area contributed by atoms with Crippen LogP contribution in [-0.2, 0) is 10.3 Å². The van der Waals surface area contributed by atoms with E-state index in [9.17, 15) is 14.7 Å². The van der Waals surface area contributed by atoms with E-state index in [0.29, 0.717) is 11.3 Å². The minimum Gasteiger partial charge on any atom is -0.491 e. The highest BCUT2D eigenvalue weighted by atomic mass is 16.5. The summed E-state index contributed by atoms with van der Waals surface area (Å²) in [6, 6.07) is 20.5. The molecule has 3 amide bonds. The van der Waals surface area contributed by atoms with Crippen LogP contribution in [-0.4, -0.2) is 41.2 Å². The fourth-order valence-corrected chi connectivity index (χ4v) is 3.73. The number of rotatable bonds is 6. The van der Waals surface area contributed by atoms with Crippen LogP contribution in [0.25, 0.3) is 10.8 Å². The number of amides is 3. The van der Waals surface area contributed by atoms with Crippen LogP contribution in [0.5, 0.6) is 5.75 Å². The lowest BCUT2D eigenvalue weighted by Gasteiger charge is -2.23. The lowest BCUT2D eigenvalue weighted by Crippen LogP contribution is -2.42. The summed E-state index contributed by atoms with van der Waals surface area (Å²) in [5.41, 5.74) is 0.466. The highest BCUT2D eigenvalue weighted by Crippen LogP contribution is 2.31. The van der Waals surface area contributed by atoms with Gasteiger partial charge in [-0.25, -0.2) is 4.79 Å². The molecule has 0 unspecified atom stereocenters. The van der Waals surface area contributed by atoms with Gasteiger partial charge >= 0.3 is 6.03 Å². The molecule has 1 saturated heterocycles. The van der Waals surface area contributed by atoms with Gasteiger partial charge in [0.1, 0.15) is 24.0 Å². The number of carbonyl (C=O) groups excluding carboxylic acids is 2. The summed E-state index contributed by atoms with van der Waals surface area (Å²) in [5, 5.41) is 15.2. The van der Waals surface area contributed by atoms with E-state index in [1.807, 2.05) is 73.7 Å². The van der Waals surface area contributed by atoms with Crippen LogP contribution in [0.3, 0.4) is 0 Å². The number of aryl methyl sites for hydroxylation is 1. The minimum atomic E-state index is -1.18. The maximum atomic E-state index is 13.1. The molecule has 4 rings (SSSR count). The molecule has 6 heteroatoms. The van der Waals surface area contributed by atoms with Gasteiger partial charge in [0, 0.05) is 0 Å². The number of para-hydroxylation sites is 1. The number of aliphatic hydroxyl groups is 1. The van der Waals surface area contributed by atoms with Crippen molar-refractivity contribution in [2.24, 2.45) is 0 Å². The molecule has 30 heavy (non-hydrogen) atoms. The van der Waals surface area contributed by atoms with E-state index in [2.05, 4.69) is 5.32 Å². The van der Waals surface area contributed by atoms with E-state index in [4.69, 9.17) is 4.74 Å². The Labute approximate surface area is 175 Å². The molecule has 1 heterocycles. The lowest BCUT2D eigenvalue weighted by molar-refractivity contribution is -0.132. The maximum Gasteiger partial charge on any atom is 0.325 e. The summed E-state index contributed by atoms with van der Waals surface area (Å²) >= 11 is 0. The third-order valence-electron chi connectivity index (χ3n) is 5.52. The molecule has 2 N–H and O–H groups in total. The van der Waals surface area contributed by atoms with Crippen LogP contribution in [0.4, 0.5) is 4.79 Å². The first-order valence-electron chi connectivity index (χ1n) is 9.88. The number of nitrogens with zero attached hydrogens (tertiary/aromatic N) is 1. The van der Waals surface area contributed by atoms with E-state index < -0.39 is 23.6 Å². The molecule has 3 aromatic carbocycles. The molecule has 6 nitrogen and oxygen atoms in total. The highest BCUT2D eigenvalue weighted by Gasteiger charge is 2.49. The molecule has 0 bridgehead atoms. The quantitative estimate of drug-likeness (QED) is 0.618.